The number of amides is 2. The first-order chi connectivity index (χ1) is 14.9. The smallest absolute Gasteiger partial charge is 0.223 e. The second kappa shape index (κ2) is 10.6. The highest BCUT2D eigenvalue weighted by Crippen LogP contribution is 2.25. The first-order valence-corrected chi connectivity index (χ1v) is 11.5. The normalized spacial score (nSPS) is 15.7. The second-order valence-electron chi connectivity index (χ2n) is 8.66. The molecule has 2 heterocycles. The molecule has 1 aliphatic heterocycles. The van der Waals surface area contributed by atoms with Crippen LogP contribution in [0, 0.1) is 13.8 Å². The van der Waals surface area contributed by atoms with E-state index >= 15 is 0 Å². The fourth-order valence-corrected chi connectivity index (χ4v) is 4.53. The molecule has 6 heteroatoms. The average Bonchev–Trinajstić information content (AvgIpc) is 2.97. The molecule has 2 aromatic rings. The van der Waals surface area contributed by atoms with Crippen molar-refractivity contribution < 1.29 is 9.59 Å². The van der Waals surface area contributed by atoms with Crippen molar-refractivity contribution in [3.63, 3.8) is 0 Å². The molecule has 0 saturated heterocycles. The van der Waals surface area contributed by atoms with Crippen molar-refractivity contribution in [3.8, 4) is 0 Å². The highest BCUT2D eigenvalue weighted by molar-refractivity contribution is 5.92. The summed E-state index contributed by atoms with van der Waals surface area (Å²) < 4.78 is 1.89. The van der Waals surface area contributed by atoms with Gasteiger partial charge in [0, 0.05) is 51.4 Å². The van der Waals surface area contributed by atoms with Crippen LogP contribution in [-0.4, -0.2) is 39.6 Å². The zero-order valence-corrected chi connectivity index (χ0v) is 19.5. The SMILES string of the molecule is CC(=O)N1CCCCCCCN(C(=O)CCc2c(C)nn(C)c2C)Cc2ccccc21. The molecule has 0 atom stereocenters. The fraction of sp³-hybridized carbons (Fsp3) is 0.560. The number of para-hydroxylation sites is 1. The molecule has 0 saturated carbocycles. The van der Waals surface area contributed by atoms with E-state index in [2.05, 4.69) is 12.0 Å². The second-order valence-corrected chi connectivity index (χ2v) is 8.66. The number of nitrogens with zero attached hydrogens (tertiary/aromatic N) is 4. The number of carbonyl (C=O) groups is 2. The number of carbonyl (C=O) groups excluding carboxylic acids is 2. The van der Waals surface area contributed by atoms with Crippen LogP contribution in [0.2, 0.25) is 0 Å². The van der Waals surface area contributed by atoms with Crippen LogP contribution >= 0.6 is 0 Å². The van der Waals surface area contributed by atoms with Gasteiger partial charge in [0.05, 0.1) is 5.69 Å². The van der Waals surface area contributed by atoms with Crippen LogP contribution in [0.4, 0.5) is 5.69 Å². The van der Waals surface area contributed by atoms with E-state index in [-0.39, 0.29) is 11.8 Å². The molecular weight excluding hydrogens is 388 g/mol. The van der Waals surface area contributed by atoms with E-state index in [0.717, 1.165) is 67.8 Å². The molecule has 6 nitrogen and oxygen atoms in total. The number of hydrogen-bond donors (Lipinski definition) is 0. The van der Waals surface area contributed by atoms with Gasteiger partial charge in [0.1, 0.15) is 0 Å². The summed E-state index contributed by atoms with van der Waals surface area (Å²) in [5.74, 6) is 0.230. The monoisotopic (exact) mass is 424 g/mol. The summed E-state index contributed by atoms with van der Waals surface area (Å²) in [5.41, 5.74) is 5.28. The number of hydrogen-bond acceptors (Lipinski definition) is 3. The van der Waals surface area contributed by atoms with Gasteiger partial charge in [0.15, 0.2) is 0 Å². The molecule has 1 aromatic heterocycles. The van der Waals surface area contributed by atoms with Gasteiger partial charge in [-0.3, -0.25) is 14.3 Å². The molecule has 168 valence electrons. The van der Waals surface area contributed by atoms with E-state index in [9.17, 15) is 9.59 Å². The third-order valence-electron chi connectivity index (χ3n) is 6.43. The maximum Gasteiger partial charge on any atom is 0.223 e. The van der Waals surface area contributed by atoms with Gasteiger partial charge in [-0.25, -0.2) is 0 Å². The molecule has 0 radical (unpaired) electrons. The van der Waals surface area contributed by atoms with Crippen LogP contribution in [0.15, 0.2) is 24.3 Å². The van der Waals surface area contributed by atoms with E-state index in [4.69, 9.17) is 0 Å². The summed E-state index contributed by atoms with van der Waals surface area (Å²) in [7, 11) is 1.95. The third-order valence-corrected chi connectivity index (χ3v) is 6.43. The van der Waals surface area contributed by atoms with Crippen LogP contribution in [0.5, 0.6) is 0 Å². The first-order valence-electron chi connectivity index (χ1n) is 11.5. The van der Waals surface area contributed by atoms with Crippen LogP contribution in [0.1, 0.15) is 68.0 Å². The minimum atomic E-state index is 0.0601. The lowest BCUT2D eigenvalue weighted by atomic mass is 10.0. The molecule has 0 aliphatic carbocycles. The van der Waals surface area contributed by atoms with Gasteiger partial charge in [-0.1, -0.05) is 37.5 Å². The number of benzene rings is 1. The Morgan fingerprint density at radius 3 is 2.35 bits per heavy atom. The molecule has 0 unspecified atom stereocenters. The summed E-state index contributed by atoms with van der Waals surface area (Å²) in [5, 5.41) is 4.48. The zero-order chi connectivity index (χ0) is 22.4. The highest BCUT2D eigenvalue weighted by Gasteiger charge is 2.21. The van der Waals surface area contributed by atoms with Gasteiger partial charge in [0.25, 0.3) is 0 Å². The molecule has 0 bridgehead atoms. The van der Waals surface area contributed by atoms with E-state index in [1.54, 1.807) is 6.92 Å². The molecule has 2 amide bonds. The number of anilines is 1. The molecular formula is C25H36N4O2. The summed E-state index contributed by atoms with van der Waals surface area (Å²) in [6, 6.07) is 8.02. The number of aromatic nitrogens is 2. The fourth-order valence-electron chi connectivity index (χ4n) is 4.53. The topological polar surface area (TPSA) is 58.4 Å². The average molecular weight is 425 g/mol. The molecule has 0 fully saturated rings. The van der Waals surface area contributed by atoms with Crippen molar-refractivity contribution >= 4 is 17.5 Å². The quantitative estimate of drug-likeness (QED) is 0.737. The Morgan fingerprint density at radius 1 is 1.00 bits per heavy atom. The Balaban J connectivity index is 1.80. The molecule has 31 heavy (non-hydrogen) atoms. The lowest BCUT2D eigenvalue weighted by molar-refractivity contribution is -0.131. The maximum atomic E-state index is 13.3. The minimum Gasteiger partial charge on any atom is -0.338 e. The zero-order valence-electron chi connectivity index (χ0n) is 19.5. The summed E-state index contributed by atoms with van der Waals surface area (Å²) in [4.78, 5) is 29.5. The third kappa shape index (κ3) is 5.75. The minimum absolute atomic E-state index is 0.0601. The first kappa shape index (κ1) is 23.0. The van der Waals surface area contributed by atoms with E-state index < -0.39 is 0 Å². The van der Waals surface area contributed by atoms with Crippen molar-refractivity contribution in [2.45, 2.75) is 72.3 Å². The summed E-state index contributed by atoms with van der Waals surface area (Å²) in [6.45, 7) is 7.74. The predicted octanol–water partition coefficient (Wildman–Crippen LogP) is 4.32. The largest absolute Gasteiger partial charge is 0.338 e. The molecule has 0 spiro atoms. The summed E-state index contributed by atoms with van der Waals surface area (Å²) in [6.07, 6.45) is 6.60. The van der Waals surface area contributed by atoms with Crippen LogP contribution in [0.3, 0.4) is 0 Å². The Kier molecular flexibility index (Phi) is 7.88. The van der Waals surface area contributed by atoms with Gasteiger partial charge in [-0.15, -0.1) is 0 Å². The molecule has 3 rings (SSSR count). The number of fused-ring (bicyclic) bond motifs is 1. The van der Waals surface area contributed by atoms with E-state index in [1.165, 1.54) is 5.56 Å². The van der Waals surface area contributed by atoms with Crippen molar-refractivity contribution in [1.82, 2.24) is 14.7 Å². The highest BCUT2D eigenvalue weighted by atomic mass is 16.2. The van der Waals surface area contributed by atoms with Gasteiger partial charge in [0.2, 0.25) is 11.8 Å². The number of aryl methyl sites for hydroxylation is 2. The molecule has 1 aliphatic rings. The van der Waals surface area contributed by atoms with Crippen LogP contribution in [0.25, 0.3) is 0 Å². The van der Waals surface area contributed by atoms with Crippen molar-refractivity contribution in [2.24, 2.45) is 7.05 Å². The van der Waals surface area contributed by atoms with Crippen molar-refractivity contribution in [2.75, 3.05) is 18.0 Å². The van der Waals surface area contributed by atoms with Gasteiger partial charge in [-0.05, 0) is 50.3 Å². The lowest BCUT2D eigenvalue weighted by Crippen LogP contribution is -2.35. The predicted molar refractivity (Wildman–Crippen MR) is 124 cm³/mol. The lowest BCUT2D eigenvalue weighted by Gasteiger charge is -2.29. The Bertz CT molecular complexity index is 918. The summed E-state index contributed by atoms with van der Waals surface area (Å²) >= 11 is 0. The van der Waals surface area contributed by atoms with Gasteiger partial charge in [-0.2, -0.15) is 5.10 Å². The van der Waals surface area contributed by atoms with Gasteiger partial charge < -0.3 is 9.80 Å². The van der Waals surface area contributed by atoms with E-state index in [1.807, 2.05) is 52.7 Å². The van der Waals surface area contributed by atoms with E-state index in [0.29, 0.717) is 19.4 Å². The number of rotatable bonds is 3. The Labute approximate surface area is 186 Å². The van der Waals surface area contributed by atoms with Crippen molar-refractivity contribution in [3.05, 3.63) is 46.8 Å². The van der Waals surface area contributed by atoms with Crippen molar-refractivity contribution in [1.29, 1.82) is 0 Å². The standard InChI is InChI=1S/C25H36N4O2/c1-19-23(20(2)27(4)26-19)14-15-25(31)28-16-10-6-5-7-11-17-29(21(3)30)24-13-9-8-12-22(24)18-28/h8-9,12-13H,5-7,10-11,14-18H2,1-4H3. The molecule has 0 N–H and O–H groups in total. The van der Waals surface area contributed by atoms with Crippen LogP contribution < -0.4 is 4.90 Å². The molecule has 1 aromatic carbocycles. The van der Waals surface area contributed by atoms with Crippen LogP contribution in [-0.2, 0) is 29.6 Å². The Morgan fingerprint density at radius 2 is 1.68 bits per heavy atom. The Hall–Kier alpha value is -2.63. The van der Waals surface area contributed by atoms with Gasteiger partial charge >= 0.3 is 0 Å². The maximum absolute atomic E-state index is 13.3.